The van der Waals surface area contributed by atoms with Crippen LogP contribution in [-0.2, 0) is 4.79 Å². The molecule has 1 N–H and O–H groups in total. The summed E-state index contributed by atoms with van der Waals surface area (Å²) >= 11 is 0. The van der Waals surface area contributed by atoms with Crippen LogP contribution in [0.5, 0.6) is 0 Å². The molecule has 0 aromatic carbocycles. The molecule has 0 fully saturated rings. The Morgan fingerprint density at radius 2 is 1.89 bits per heavy atom. The third-order valence-corrected chi connectivity index (χ3v) is 2.13. The van der Waals surface area contributed by atoms with Gasteiger partial charge in [-0.05, 0) is 6.92 Å². The largest absolute Gasteiger partial charge is 0.328 e. The van der Waals surface area contributed by atoms with Gasteiger partial charge in [0.15, 0.2) is 0 Å². The van der Waals surface area contributed by atoms with Crippen molar-refractivity contribution in [3.63, 3.8) is 0 Å². The van der Waals surface area contributed by atoms with E-state index in [-0.39, 0.29) is 6.04 Å². The van der Waals surface area contributed by atoms with Crippen LogP contribution in [-0.4, -0.2) is 20.6 Å². The molecule has 9 heavy (non-hydrogen) atoms. The Labute approximate surface area is 57.7 Å². The first-order valence-electron chi connectivity index (χ1n) is 3.11. The van der Waals surface area contributed by atoms with Crippen LogP contribution in [0.25, 0.3) is 0 Å². The number of rotatable bonds is 3. The van der Waals surface area contributed by atoms with Crippen molar-refractivity contribution >= 4 is 14.5 Å². The minimum Gasteiger partial charge on any atom is -0.328 e. The van der Waals surface area contributed by atoms with Crippen LogP contribution in [0.2, 0.25) is 19.6 Å². The van der Waals surface area contributed by atoms with Gasteiger partial charge in [0, 0.05) is 0 Å². The lowest BCUT2D eigenvalue weighted by Gasteiger charge is -2.19. The van der Waals surface area contributed by atoms with Gasteiger partial charge in [-0.3, -0.25) is 4.79 Å². The lowest BCUT2D eigenvalue weighted by molar-refractivity contribution is 0.540. The Balaban J connectivity index is 3.59. The van der Waals surface area contributed by atoms with E-state index in [2.05, 4.69) is 24.6 Å². The Morgan fingerprint density at radius 1 is 1.44 bits per heavy atom. The smallest absolute Gasteiger partial charge is 0.215 e. The quantitative estimate of drug-likeness (QED) is 0.596. The zero-order valence-corrected chi connectivity index (χ0v) is 7.49. The number of carbonyl (C=O) groups excluding carboxylic acids is 1. The first kappa shape index (κ1) is 8.85. The van der Waals surface area contributed by atoms with Crippen LogP contribution < -0.4 is 4.98 Å². The third-order valence-electron chi connectivity index (χ3n) is 0.826. The SMILES string of the molecule is CC([C]=O)N[Si](C)(C)C. The summed E-state index contributed by atoms with van der Waals surface area (Å²) in [4.78, 5) is 13.2. The van der Waals surface area contributed by atoms with Crippen molar-refractivity contribution in [2.45, 2.75) is 32.6 Å². The topological polar surface area (TPSA) is 29.1 Å². The molecule has 0 amide bonds. The summed E-state index contributed by atoms with van der Waals surface area (Å²) in [6, 6.07) is -0.100. The van der Waals surface area contributed by atoms with Crippen LogP contribution in [0.15, 0.2) is 0 Å². The van der Waals surface area contributed by atoms with Crippen molar-refractivity contribution in [1.82, 2.24) is 4.98 Å². The maximum absolute atomic E-state index is 10.0. The third kappa shape index (κ3) is 5.72. The van der Waals surface area contributed by atoms with E-state index in [1.54, 1.807) is 0 Å². The minimum atomic E-state index is -1.25. The first-order chi connectivity index (χ1) is 3.95. The van der Waals surface area contributed by atoms with Gasteiger partial charge in [-0.15, -0.1) is 0 Å². The Morgan fingerprint density at radius 3 is 2.00 bits per heavy atom. The van der Waals surface area contributed by atoms with Crippen LogP contribution in [0.3, 0.4) is 0 Å². The van der Waals surface area contributed by atoms with Crippen LogP contribution in [0.1, 0.15) is 6.92 Å². The van der Waals surface area contributed by atoms with E-state index in [9.17, 15) is 4.79 Å². The van der Waals surface area contributed by atoms with Crippen molar-refractivity contribution in [1.29, 1.82) is 0 Å². The van der Waals surface area contributed by atoms with Gasteiger partial charge in [0.25, 0.3) is 0 Å². The summed E-state index contributed by atoms with van der Waals surface area (Å²) < 4.78 is 0. The number of hydrogen-bond donors (Lipinski definition) is 1. The first-order valence-corrected chi connectivity index (χ1v) is 6.61. The number of hydrogen-bond acceptors (Lipinski definition) is 2. The standard InChI is InChI=1S/C6H14NOSi/c1-6(5-8)7-9(2,3)4/h6-7H,1-4H3. The molecule has 0 bridgehead atoms. The van der Waals surface area contributed by atoms with Gasteiger partial charge in [0.05, 0.1) is 6.04 Å². The predicted octanol–water partition coefficient (Wildman–Crippen LogP) is 0.909. The van der Waals surface area contributed by atoms with E-state index in [0.717, 1.165) is 0 Å². The molecule has 0 aliphatic heterocycles. The highest BCUT2D eigenvalue weighted by Crippen LogP contribution is 1.94. The van der Waals surface area contributed by atoms with Crippen molar-refractivity contribution in [2.24, 2.45) is 0 Å². The van der Waals surface area contributed by atoms with E-state index < -0.39 is 8.24 Å². The van der Waals surface area contributed by atoms with Crippen molar-refractivity contribution in [3.05, 3.63) is 0 Å². The predicted molar refractivity (Wildman–Crippen MR) is 41.6 cm³/mol. The van der Waals surface area contributed by atoms with Crippen molar-refractivity contribution in [3.8, 4) is 0 Å². The Hall–Kier alpha value is -0.153. The molecule has 0 aromatic rings. The van der Waals surface area contributed by atoms with Crippen LogP contribution in [0.4, 0.5) is 0 Å². The summed E-state index contributed by atoms with van der Waals surface area (Å²) in [7, 11) is -1.25. The fourth-order valence-corrected chi connectivity index (χ4v) is 2.04. The van der Waals surface area contributed by atoms with Crippen LogP contribution >= 0.6 is 0 Å². The Kier molecular flexibility index (Phi) is 3.07. The molecule has 0 heterocycles. The minimum absolute atomic E-state index is 0.100. The zero-order chi connectivity index (χ0) is 7.49. The maximum Gasteiger partial charge on any atom is 0.215 e. The second kappa shape index (κ2) is 3.13. The fraction of sp³-hybridized carbons (Fsp3) is 0.833. The molecule has 1 unspecified atom stereocenters. The highest BCUT2D eigenvalue weighted by atomic mass is 28.3. The van der Waals surface area contributed by atoms with Gasteiger partial charge in [-0.25, -0.2) is 0 Å². The summed E-state index contributed by atoms with van der Waals surface area (Å²) in [6.45, 7) is 8.29. The summed E-state index contributed by atoms with van der Waals surface area (Å²) in [6.07, 6.45) is 1.90. The summed E-state index contributed by atoms with van der Waals surface area (Å²) in [5, 5.41) is 0. The van der Waals surface area contributed by atoms with Crippen molar-refractivity contribution < 1.29 is 4.79 Å². The molecule has 53 valence electrons. The molecular formula is C6H14NOSi. The normalized spacial score (nSPS) is 15.1. The van der Waals surface area contributed by atoms with E-state index in [0.29, 0.717) is 0 Å². The summed E-state index contributed by atoms with van der Waals surface area (Å²) in [5.41, 5.74) is 0. The second-order valence-electron chi connectivity index (χ2n) is 3.23. The molecule has 3 heteroatoms. The van der Waals surface area contributed by atoms with E-state index in [1.807, 2.05) is 13.2 Å². The fourth-order valence-electron chi connectivity index (χ4n) is 0.679. The molecule has 1 radical (unpaired) electrons. The zero-order valence-electron chi connectivity index (χ0n) is 6.49. The van der Waals surface area contributed by atoms with Gasteiger partial charge < -0.3 is 4.98 Å². The van der Waals surface area contributed by atoms with Gasteiger partial charge >= 0.3 is 0 Å². The molecule has 0 spiro atoms. The molecule has 1 atom stereocenters. The van der Waals surface area contributed by atoms with E-state index >= 15 is 0 Å². The summed E-state index contributed by atoms with van der Waals surface area (Å²) in [5.74, 6) is 0. The van der Waals surface area contributed by atoms with E-state index in [4.69, 9.17) is 0 Å². The molecular weight excluding hydrogens is 130 g/mol. The Bertz CT molecular complexity index is 97.7. The second-order valence-corrected chi connectivity index (χ2v) is 8.02. The lowest BCUT2D eigenvalue weighted by atomic mass is 10.4. The monoisotopic (exact) mass is 144 g/mol. The van der Waals surface area contributed by atoms with Gasteiger partial charge in [0.1, 0.15) is 8.24 Å². The highest BCUT2D eigenvalue weighted by Gasteiger charge is 2.15. The average Bonchev–Trinajstić information content (AvgIpc) is 1.62. The van der Waals surface area contributed by atoms with Gasteiger partial charge in [0.2, 0.25) is 6.29 Å². The number of nitrogens with one attached hydrogen (secondary N) is 1. The highest BCUT2D eigenvalue weighted by molar-refractivity contribution is 6.73. The van der Waals surface area contributed by atoms with E-state index in [1.165, 1.54) is 0 Å². The molecule has 0 aromatic heterocycles. The molecule has 2 nitrogen and oxygen atoms in total. The van der Waals surface area contributed by atoms with Gasteiger partial charge in [-0.2, -0.15) is 0 Å². The molecule has 0 saturated carbocycles. The molecule has 0 saturated heterocycles. The van der Waals surface area contributed by atoms with Crippen LogP contribution in [0, 0.1) is 0 Å². The van der Waals surface area contributed by atoms with Gasteiger partial charge in [-0.1, -0.05) is 19.6 Å². The van der Waals surface area contributed by atoms with Crippen molar-refractivity contribution in [2.75, 3.05) is 0 Å². The average molecular weight is 144 g/mol. The lowest BCUT2D eigenvalue weighted by Crippen LogP contribution is -2.47. The molecule has 0 rings (SSSR count). The maximum atomic E-state index is 10.0. The molecule has 0 aliphatic carbocycles. The molecule has 0 aliphatic rings.